The first-order valence-corrected chi connectivity index (χ1v) is 7.07. The van der Waals surface area contributed by atoms with Crippen LogP contribution in [0.2, 0.25) is 0 Å². The second-order valence-electron chi connectivity index (χ2n) is 4.92. The van der Waals surface area contributed by atoms with E-state index in [2.05, 4.69) is 17.3 Å². The van der Waals surface area contributed by atoms with Gasteiger partial charge >= 0.3 is 0 Å². The van der Waals surface area contributed by atoms with Crippen molar-refractivity contribution in [3.8, 4) is 5.75 Å². The number of methoxy groups -OCH3 is 1. The van der Waals surface area contributed by atoms with Crippen molar-refractivity contribution in [2.24, 2.45) is 5.16 Å². The molecule has 0 saturated carbocycles. The summed E-state index contributed by atoms with van der Waals surface area (Å²) in [6.07, 6.45) is 0.689. The zero-order valence-corrected chi connectivity index (χ0v) is 12.2. The third-order valence-electron chi connectivity index (χ3n) is 3.62. The van der Waals surface area contributed by atoms with E-state index in [1.807, 2.05) is 31.2 Å². The summed E-state index contributed by atoms with van der Waals surface area (Å²) in [7, 11) is 1.68. The fraction of sp³-hybridized carbons (Fsp3) is 0.312. The van der Waals surface area contributed by atoms with Gasteiger partial charge in [-0.1, -0.05) is 29.4 Å². The van der Waals surface area contributed by atoms with Crippen molar-refractivity contribution >= 4 is 28.1 Å². The van der Waals surface area contributed by atoms with Crippen molar-refractivity contribution in [1.82, 2.24) is 0 Å². The van der Waals surface area contributed by atoms with Gasteiger partial charge in [-0.25, -0.2) is 0 Å². The Hall–Kier alpha value is -1.74. The number of alkyl halides is 1. The van der Waals surface area contributed by atoms with Gasteiger partial charge in [-0.15, -0.1) is 11.6 Å². The molecule has 2 unspecified atom stereocenters. The van der Waals surface area contributed by atoms with E-state index in [1.54, 1.807) is 7.11 Å². The fourth-order valence-corrected chi connectivity index (χ4v) is 2.64. The van der Waals surface area contributed by atoms with E-state index in [-0.39, 0.29) is 11.5 Å². The number of halogens is 1. The first-order chi connectivity index (χ1) is 9.70. The Morgan fingerprint density at radius 2 is 2.00 bits per heavy atom. The zero-order chi connectivity index (χ0) is 14.1. The minimum absolute atomic E-state index is 0.0486. The van der Waals surface area contributed by atoms with Crippen molar-refractivity contribution in [3.63, 3.8) is 0 Å². The van der Waals surface area contributed by atoms with E-state index in [9.17, 15) is 0 Å². The molecular formula is C16H16ClNO2. The summed E-state index contributed by atoms with van der Waals surface area (Å²) in [6, 6.07) is 12.2. The predicted octanol–water partition coefficient (Wildman–Crippen LogP) is 3.97. The smallest absolute Gasteiger partial charge is 0.149 e. The average Bonchev–Trinajstić information content (AvgIpc) is 2.96. The summed E-state index contributed by atoms with van der Waals surface area (Å²) < 4.78 is 5.41. The van der Waals surface area contributed by atoms with E-state index >= 15 is 0 Å². The Kier molecular flexibility index (Phi) is 3.53. The van der Waals surface area contributed by atoms with Gasteiger partial charge < -0.3 is 9.57 Å². The molecule has 0 aliphatic carbocycles. The molecule has 1 aliphatic rings. The molecule has 2 atom stereocenters. The monoisotopic (exact) mass is 289 g/mol. The molecule has 0 amide bonds. The molecule has 2 aromatic carbocycles. The highest BCUT2D eigenvalue weighted by atomic mass is 35.5. The number of rotatable bonds is 3. The Bertz CT molecular complexity index is 667. The van der Waals surface area contributed by atoms with Crippen LogP contribution in [0.15, 0.2) is 41.6 Å². The van der Waals surface area contributed by atoms with Crippen LogP contribution < -0.4 is 4.74 Å². The highest BCUT2D eigenvalue weighted by Crippen LogP contribution is 2.31. The molecule has 0 radical (unpaired) electrons. The Balaban J connectivity index is 2.06. The molecule has 0 N–H and O–H groups in total. The van der Waals surface area contributed by atoms with Gasteiger partial charge in [0.25, 0.3) is 0 Å². The van der Waals surface area contributed by atoms with Crippen molar-refractivity contribution in [3.05, 3.63) is 42.0 Å². The van der Waals surface area contributed by atoms with Gasteiger partial charge in [0.05, 0.1) is 18.2 Å². The van der Waals surface area contributed by atoms with Gasteiger partial charge in [-0.05, 0) is 24.4 Å². The predicted molar refractivity (Wildman–Crippen MR) is 81.8 cm³/mol. The highest BCUT2D eigenvalue weighted by molar-refractivity contribution is 6.21. The number of hydrogen-bond donors (Lipinski definition) is 0. The first-order valence-electron chi connectivity index (χ1n) is 6.63. The maximum atomic E-state index is 6.08. The summed E-state index contributed by atoms with van der Waals surface area (Å²) >= 11 is 6.08. The van der Waals surface area contributed by atoms with E-state index in [0.717, 1.165) is 34.2 Å². The quantitative estimate of drug-likeness (QED) is 0.801. The lowest BCUT2D eigenvalue weighted by atomic mass is 9.97. The van der Waals surface area contributed by atoms with Crippen LogP contribution in [0.5, 0.6) is 5.75 Å². The van der Waals surface area contributed by atoms with E-state index in [4.69, 9.17) is 21.2 Å². The number of ether oxygens (including phenoxy) is 1. The molecule has 0 saturated heterocycles. The van der Waals surface area contributed by atoms with Gasteiger partial charge in [0.2, 0.25) is 0 Å². The van der Waals surface area contributed by atoms with Crippen molar-refractivity contribution in [2.75, 3.05) is 7.11 Å². The van der Waals surface area contributed by atoms with Crippen LogP contribution in [-0.4, -0.2) is 24.3 Å². The van der Waals surface area contributed by atoms with Crippen LogP contribution >= 0.6 is 11.6 Å². The summed E-state index contributed by atoms with van der Waals surface area (Å²) in [4.78, 5) is 5.41. The maximum Gasteiger partial charge on any atom is 0.149 e. The third-order valence-corrected chi connectivity index (χ3v) is 3.90. The molecule has 1 heterocycles. The molecule has 4 heteroatoms. The summed E-state index contributed by atoms with van der Waals surface area (Å²) in [6.45, 7) is 1.93. The van der Waals surface area contributed by atoms with Gasteiger partial charge in [0.15, 0.2) is 0 Å². The van der Waals surface area contributed by atoms with Crippen LogP contribution in [0, 0.1) is 0 Å². The van der Waals surface area contributed by atoms with Crippen molar-refractivity contribution < 1.29 is 9.57 Å². The second-order valence-corrected chi connectivity index (χ2v) is 5.61. The van der Waals surface area contributed by atoms with Gasteiger partial charge in [0.1, 0.15) is 11.9 Å². The van der Waals surface area contributed by atoms with Crippen LogP contribution in [0.3, 0.4) is 0 Å². The number of oxime groups is 1. The zero-order valence-electron chi connectivity index (χ0n) is 11.5. The molecule has 0 spiro atoms. The largest absolute Gasteiger partial charge is 0.496 e. The maximum absolute atomic E-state index is 6.08. The van der Waals surface area contributed by atoms with Crippen LogP contribution in [0.25, 0.3) is 10.8 Å². The van der Waals surface area contributed by atoms with E-state index < -0.39 is 0 Å². The lowest BCUT2D eigenvalue weighted by Crippen LogP contribution is -2.18. The standard InChI is InChI=1S/C16H16ClNO2/c1-10(17)16-9-14(18-20-16)12-7-8-15(19-2)13-6-4-3-5-11(12)13/h3-8,10,16H,9H2,1-2H3. The van der Waals surface area contributed by atoms with Crippen molar-refractivity contribution in [1.29, 1.82) is 0 Å². The molecule has 0 aromatic heterocycles. The lowest BCUT2D eigenvalue weighted by Gasteiger charge is -2.11. The van der Waals surface area contributed by atoms with Crippen LogP contribution in [0.1, 0.15) is 18.9 Å². The molecule has 104 valence electrons. The Morgan fingerprint density at radius 1 is 1.25 bits per heavy atom. The molecule has 3 nitrogen and oxygen atoms in total. The number of fused-ring (bicyclic) bond motifs is 1. The topological polar surface area (TPSA) is 30.8 Å². The van der Waals surface area contributed by atoms with E-state index in [1.165, 1.54) is 0 Å². The Morgan fingerprint density at radius 3 is 2.65 bits per heavy atom. The SMILES string of the molecule is COc1ccc(C2=NOC(C(C)Cl)C2)c2ccccc12. The fourth-order valence-electron chi connectivity index (χ4n) is 2.50. The Labute approximate surface area is 123 Å². The normalized spacial score (nSPS) is 19.6. The number of nitrogens with zero attached hydrogens (tertiary/aromatic N) is 1. The molecule has 0 bridgehead atoms. The number of hydrogen-bond acceptors (Lipinski definition) is 3. The van der Waals surface area contributed by atoms with E-state index in [0.29, 0.717) is 0 Å². The average molecular weight is 290 g/mol. The second kappa shape index (κ2) is 5.33. The van der Waals surface area contributed by atoms with Gasteiger partial charge in [-0.3, -0.25) is 0 Å². The minimum Gasteiger partial charge on any atom is -0.496 e. The molecule has 3 rings (SSSR count). The molecular weight excluding hydrogens is 274 g/mol. The van der Waals surface area contributed by atoms with Gasteiger partial charge in [-0.2, -0.15) is 0 Å². The highest BCUT2D eigenvalue weighted by Gasteiger charge is 2.27. The summed E-state index contributed by atoms with van der Waals surface area (Å²) in [5.41, 5.74) is 2.03. The molecule has 2 aromatic rings. The summed E-state index contributed by atoms with van der Waals surface area (Å²) in [5, 5.41) is 6.35. The van der Waals surface area contributed by atoms with Crippen LogP contribution in [-0.2, 0) is 4.84 Å². The van der Waals surface area contributed by atoms with Gasteiger partial charge in [0, 0.05) is 17.4 Å². The number of benzene rings is 2. The molecule has 0 fully saturated rings. The van der Waals surface area contributed by atoms with Crippen LogP contribution in [0.4, 0.5) is 0 Å². The molecule has 1 aliphatic heterocycles. The summed E-state index contributed by atoms with van der Waals surface area (Å²) in [5.74, 6) is 0.867. The first kappa shape index (κ1) is 13.3. The third kappa shape index (κ3) is 2.22. The van der Waals surface area contributed by atoms with Crippen molar-refractivity contribution in [2.45, 2.75) is 24.8 Å². The lowest BCUT2D eigenvalue weighted by molar-refractivity contribution is 0.0855. The molecule has 20 heavy (non-hydrogen) atoms. The minimum atomic E-state index is -0.0548.